The maximum absolute atomic E-state index is 12.7. The number of primary amides is 1. The van der Waals surface area contributed by atoms with Crippen LogP contribution < -0.4 is 21.7 Å². The zero-order chi connectivity index (χ0) is 19.7. The highest BCUT2D eigenvalue weighted by Crippen LogP contribution is 2.25. The molecule has 2 heterocycles. The molecular formula is C20H16N4O4. The number of hydrogen-bond acceptors (Lipinski definition) is 6. The molecule has 140 valence electrons. The Kier molecular flexibility index (Phi) is 4.36. The van der Waals surface area contributed by atoms with E-state index in [0.29, 0.717) is 22.3 Å². The normalized spacial score (nSPS) is 16.1. The van der Waals surface area contributed by atoms with Crippen LogP contribution in [-0.2, 0) is 9.59 Å². The van der Waals surface area contributed by atoms with E-state index in [9.17, 15) is 14.4 Å². The predicted molar refractivity (Wildman–Crippen MR) is 105 cm³/mol. The molecule has 2 amide bonds. The number of rotatable bonds is 4. The number of para-hydroxylation sites is 1. The second-order valence-electron chi connectivity index (χ2n) is 6.31. The van der Waals surface area contributed by atoms with E-state index in [-0.39, 0.29) is 12.1 Å². The summed E-state index contributed by atoms with van der Waals surface area (Å²) in [6, 6.07) is 16.2. The van der Waals surface area contributed by atoms with Crippen molar-refractivity contribution in [2.45, 2.75) is 12.5 Å². The molecule has 0 saturated carbocycles. The van der Waals surface area contributed by atoms with Crippen LogP contribution in [0.2, 0.25) is 0 Å². The molecule has 8 heteroatoms. The van der Waals surface area contributed by atoms with Gasteiger partial charge in [-0.25, -0.2) is 4.79 Å². The van der Waals surface area contributed by atoms with Crippen LogP contribution in [0.3, 0.4) is 0 Å². The van der Waals surface area contributed by atoms with Gasteiger partial charge in [-0.05, 0) is 36.4 Å². The summed E-state index contributed by atoms with van der Waals surface area (Å²) in [5.74, 6) is -0.988. The van der Waals surface area contributed by atoms with Crippen LogP contribution in [0, 0.1) is 0 Å². The molecule has 0 bridgehead atoms. The first-order valence-electron chi connectivity index (χ1n) is 8.57. The van der Waals surface area contributed by atoms with Crippen molar-refractivity contribution in [3.63, 3.8) is 0 Å². The Morgan fingerprint density at radius 2 is 1.89 bits per heavy atom. The highest BCUT2D eigenvalue weighted by atomic mass is 16.4. The largest absolute Gasteiger partial charge is 0.423 e. The lowest BCUT2D eigenvalue weighted by Gasteiger charge is -2.20. The fraction of sp³-hybridized carbons (Fsp3) is 0.100. The fourth-order valence-electron chi connectivity index (χ4n) is 3.04. The smallest absolute Gasteiger partial charge is 0.336 e. The highest BCUT2D eigenvalue weighted by Gasteiger charge is 2.34. The number of fused-ring (bicyclic) bond motifs is 1. The van der Waals surface area contributed by atoms with Gasteiger partial charge in [0.1, 0.15) is 17.3 Å². The van der Waals surface area contributed by atoms with Crippen LogP contribution in [0.4, 0.5) is 11.4 Å². The number of nitrogens with two attached hydrogens (primary N) is 1. The van der Waals surface area contributed by atoms with Crippen molar-refractivity contribution in [2.24, 2.45) is 10.8 Å². The SMILES string of the molecule is NC(=O)C1CC(C(=O)Nc2ccc3oc(=O)ccc3c2)=NN1c1ccccc1. The van der Waals surface area contributed by atoms with E-state index in [2.05, 4.69) is 10.4 Å². The van der Waals surface area contributed by atoms with Crippen LogP contribution >= 0.6 is 0 Å². The molecule has 0 fully saturated rings. The molecule has 1 aliphatic rings. The van der Waals surface area contributed by atoms with Gasteiger partial charge >= 0.3 is 5.63 Å². The minimum atomic E-state index is -0.728. The monoisotopic (exact) mass is 376 g/mol. The average Bonchev–Trinajstić information content (AvgIpc) is 3.15. The Balaban J connectivity index is 1.58. The maximum Gasteiger partial charge on any atom is 0.336 e. The third-order valence-electron chi connectivity index (χ3n) is 4.40. The van der Waals surface area contributed by atoms with Gasteiger partial charge in [0.25, 0.3) is 5.91 Å². The molecule has 0 saturated heterocycles. The molecule has 28 heavy (non-hydrogen) atoms. The second kappa shape index (κ2) is 6.99. The topological polar surface area (TPSA) is 118 Å². The van der Waals surface area contributed by atoms with Gasteiger partial charge < -0.3 is 15.5 Å². The third kappa shape index (κ3) is 3.35. The molecule has 3 aromatic rings. The van der Waals surface area contributed by atoms with Crippen LogP contribution in [0.25, 0.3) is 11.0 Å². The summed E-state index contributed by atoms with van der Waals surface area (Å²) < 4.78 is 5.07. The first-order valence-corrected chi connectivity index (χ1v) is 8.57. The van der Waals surface area contributed by atoms with Crippen molar-refractivity contribution in [2.75, 3.05) is 10.3 Å². The van der Waals surface area contributed by atoms with Crippen molar-refractivity contribution in [1.82, 2.24) is 0 Å². The zero-order valence-electron chi connectivity index (χ0n) is 14.7. The number of nitrogens with zero attached hydrogens (tertiary/aromatic N) is 2. The van der Waals surface area contributed by atoms with E-state index < -0.39 is 23.5 Å². The summed E-state index contributed by atoms with van der Waals surface area (Å²) in [6.07, 6.45) is 0.110. The number of nitrogens with one attached hydrogen (secondary N) is 1. The lowest BCUT2D eigenvalue weighted by Crippen LogP contribution is -2.39. The zero-order valence-corrected chi connectivity index (χ0v) is 14.7. The predicted octanol–water partition coefficient (Wildman–Crippen LogP) is 1.85. The van der Waals surface area contributed by atoms with Gasteiger partial charge in [0.2, 0.25) is 5.91 Å². The Morgan fingerprint density at radius 1 is 1.11 bits per heavy atom. The molecule has 4 rings (SSSR count). The van der Waals surface area contributed by atoms with Gasteiger partial charge in [-0.1, -0.05) is 18.2 Å². The number of hydrogen-bond donors (Lipinski definition) is 2. The summed E-state index contributed by atoms with van der Waals surface area (Å²) in [6.45, 7) is 0. The Morgan fingerprint density at radius 3 is 2.64 bits per heavy atom. The minimum absolute atomic E-state index is 0.110. The number of carbonyl (C=O) groups excluding carboxylic acids is 2. The Bertz CT molecular complexity index is 1150. The van der Waals surface area contributed by atoms with Crippen LogP contribution in [-0.4, -0.2) is 23.6 Å². The van der Waals surface area contributed by atoms with E-state index >= 15 is 0 Å². The van der Waals surface area contributed by atoms with Crippen molar-refractivity contribution in [3.05, 3.63) is 71.1 Å². The molecule has 0 spiro atoms. The van der Waals surface area contributed by atoms with Gasteiger partial charge in [-0.2, -0.15) is 5.10 Å². The number of anilines is 2. The molecule has 0 radical (unpaired) electrons. The number of carbonyl (C=O) groups is 2. The minimum Gasteiger partial charge on any atom is -0.423 e. The molecular weight excluding hydrogens is 360 g/mol. The number of amides is 2. The third-order valence-corrected chi connectivity index (χ3v) is 4.40. The Hall–Kier alpha value is -3.94. The molecule has 2 aromatic carbocycles. The van der Waals surface area contributed by atoms with E-state index in [1.165, 1.54) is 11.1 Å². The average molecular weight is 376 g/mol. The van der Waals surface area contributed by atoms with Crippen molar-refractivity contribution < 1.29 is 14.0 Å². The van der Waals surface area contributed by atoms with Gasteiger partial charge in [0.15, 0.2) is 0 Å². The first kappa shape index (κ1) is 17.5. The van der Waals surface area contributed by atoms with E-state index in [1.54, 1.807) is 36.4 Å². The lowest BCUT2D eigenvalue weighted by atomic mass is 10.1. The molecule has 1 aromatic heterocycles. The van der Waals surface area contributed by atoms with Gasteiger partial charge in [-0.3, -0.25) is 14.6 Å². The molecule has 1 atom stereocenters. The number of benzene rings is 2. The van der Waals surface area contributed by atoms with Crippen LogP contribution in [0.15, 0.2) is 75.0 Å². The van der Waals surface area contributed by atoms with E-state index in [4.69, 9.17) is 10.2 Å². The fourth-order valence-corrected chi connectivity index (χ4v) is 3.04. The molecule has 1 aliphatic heterocycles. The summed E-state index contributed by atoms with van der Waals surface area (Å²) >= 11 is 0. The molecule has 8 nitrogen and oxygen atoms in total. The quantitative estimate of drug-likeness (QED) is 0.674. The standard InChI is InChI=1S/C20H16N4O4/c21-19(26)16-11-15(23-24(16)14-4-2-1-3-5-14)20(27)22-13-7-8-17-12(10-13)6-9-18(25)28-17/h1-10,16H,11H2,(H2,21,26)(H,22,27). The summed E-state index contributed by atoms with van der Waals surface area (Å²) in [5, 5.41) is 9.20. The van der Waals surface area contributed by atoms with Crippen molar-refractivity contribution in [3.8, 4) is 0 Å². The summed E-state index contributed by atoms with van der Waals surface area (Å²) in [5.41, 5.74) is 6.87. The van der Waals surface area contributed by atoms with Crippen molar-refractivity contribution >= 4 is 39.9 Å². The molecule has 1 unspecified atom stereocenters. The lowest BCUT2D eigenvalue weighted by molar-refractivity contribution is -0.119. The maximum atomic E-state index is 12.7. The van der Waals surface area contributed by atoms with Gasteiger partial charge in [-0.15, -0.1) is 0 Å². The second-order valence-corrected chi connectivity index (χ2v) is 6.31. The van der Waals surface area contributed by atoms with Gasteiger partial charge in [0.05, 0.1) is 5.69 Å². The van der Waals surface area contributed by atoms with E-state index in [0.717, 1.165) is 0 Å². The van der Waals surface area contributed by atoms with Gasteiger partial charge in [0, 0.05) is 23.6 Å². The highest BCUT2D eigenvalue weighted by molar-refractivity contribution is 6.44. The number of hydrazone groups is 1. The summed E-state index contributed by atoms with van der Waals surface area (Å²) in [4.78, 5) is 35.7. The van der Waals surface area contributed by atoms with Crippen LogP contribution in [0.1, 0.15) is 6.42 Å². The van der Waals surface area contributed by atoms with Crippen molar-refractivity contribution in [1.29, 1.82) is 0 Å². The Labute approximate surface area is 159 Å². The molecule has 3 N–H and O–H groups in total. The van der Waals surface area contributed by atoms with Crippen LogP contribution in [0.5, 0.6) is 0 Å². The molecule has 0 aliphatic carbocycles. The van der Waals surface area contributed by atoms with E-state index in [1.807, 2.05) is 18.2 Å². The summed E-state index contributed by atoms with van der Waals surface area (Å²) in [7, 11) is 0. The first-order chi connectivity index (χ1) is 13.5.